The molecule has 0 aromatic heterocycles. The van der Waals surface area contributed by atoms with Gasteiger partial charge in [0.2, 0.25) is 0 Å². The van der Waals surface area contributed by atoms with Crippen LogP contribution in [-0.4, -0.2) is 21.9 Å². The molecule has 0 aromatic rings. The van der Waals surface area contributed by atoms with Crippen molar-refractivity contribution in [2.75, 3.05) is 0 Å². The van der Waals surface area contributed by atoms with Crippen molar-refractivity contribution in [3.05, 3.63) is 11.1 Å². The van der Waals surface area contributed by atoms with Gasteiger partial charge in [0.1, 0.15) is 0 Å². The molecule has 9 heteroatoms. The van der Waals surface area contributed by atoms with Crippen LogP contribution in [0.5, 0.6) is 0 Å². The van der Waals surface area contributed by atoms with E-state index in [2.05, 4.69) is 39.7 Å². The van der Waals surface area contributed by atoms with Gasteiger partial charge in [0.15, 0.2) is 0 Å². The minimum absolute atomic E-state index is 0.736. The van der Waals surface area contributed by atoms with Crippen LogP contribution in [0.15, 0.2) is 11.1 Å². The van der Waals surface area contributed by atoms with E-state index in [1.54, 1.807) is 0 Å². The Morgan fingerprint density at radius 3 is 2.54 bits per heavy atom. The van der Waals surface area contributed by atoms with Gasteiger partial charge >= 0.3 is 108 Å². The standard InChI is InChI=1S/C4H5Cl.Br2HO4P.In/c1-3-4(2)5;1-5-7(3,4)6-2;/h3H,1-2H2;(H,3,4);/q;;+1/p-1. The Morgan fingerprint density at radius 1 is 1.54 bits per heavy atom. The molecule has 0 atom stereocenters. The molecule has 0 radical (unpaired) electrons. The number of hydrogen-bond donors (Lipinski definition) is 0. The van der Waals surface area contributed by atoms with Crippen LogP contribution in [0.4, 0.5) is 0 Å². The third-order valence-electron chi connectivity index (χ3n) is 1.47. The first-order valence-electron chi connectivity index (χ1n) is 3.33. The van der Waals surface area contributed by atoms with Crippen molar-refractivity contribution in [1.29, 1.82) is 0 Å². The van der Waals surface area contributed by atoms with Gasteiger partial charge in [-0.05, 0) is 0 Å². The quantitative estimate of drug-likeness (QED) is 0.600. The summed E-state index contributed by atoms with van der Waals surface area (Å²) in [5.41, 5.74) is 0. The van der Waals surface area contributed by atoms with Crippen molar-refractivity contribution < 1.29 is 14.4 Å². The molecule has 0 aromatic carbocycles. The van der Waals surface area contributed by atoms with E-state index in [9.17, 15) is 4.57 Å². The zero-order valence-electron chi connectivity index (χ0n) is 6.28. The maximum atomic E-state index is 11.4. The van der Waals surface area contributed by atoms with Crippen molar-refractivity contribution in [3.63, 3.8) is 0 Å². The molecular formula is C4H5Br2ClInO4P. The number of halogens is 3. The first-order chi connectivity index (χ1) is 6.09. The van der Waals surface area contributed by atoms with E-state index in [1.165, 1.54) is 0 Å². The predicted molar refractivity (Wildman–Crippen MR) is 58.0 cm³/mol. The molecule has 0 spiro atoms. The summed E-state index contributed by atoms with van der Waals surface area (Å²) in [7, 11) is -3.42. The second kappa shape index (κ2) is 5.89. The molecule has 1 aliphatic rings. The molecule has 0 unspecified atom stereocenters. The SMILES string of the molecule is O=P(OBr)(OBr)[O][In]1[CH2]C=C(Cl)[CH2]1. The third kappa shape index (κ3) is 4.15. The van der Waals surface area contributed by atoms with Crippen LogP contribution in [0.3, 0.4) is 0 Å². The Balaban J connectivity index is 2.45. The number of hydrogen-bond acceptors (Lipinski definition) is 4. The number of rotatable bonds is 4. The average Bonchev–Trinajstić information content (AvgIpc) is 2.51. The Labute approximate surface area is 107 Å². The topological polar surface area (TPSA) is 44.8 Å². The first-order valence-corrected chi connectivity index (χ1v) is 12.5. The Morgan fingerprint density at radius 2 is 2.15 bits per heavy atom. The molecule has 0 saturated heterocycles. The molecule has 1 aliphatic heterocycles. The van der Waals surface area contributed by atoms with Crippen LogP contribution in [0, 0.1) is 0 Å². The van der Waals surface area contributed by atoms with Crippen LogP contribution in [0.25, 0.3) is 0 Å². The van der Waals surface area contributed by atoms with Crippen molar-refractivity contribution >= 4 is 73.8 Å². The zero-order valence-corrected chi connectivity index (χ0v) is 14.4. The van der Waals surface area contributed by atoms with Gasteiger partial charge < -0.3 is 0 Å². The summed E-state index contributed by atoms with van der Waals surface area (Å²) in [4.78, 5) is 0. The second-order valence-electron chi connectivity index (χ2n) is 2.40. The van der Waals surface area contributed by atoms with Gasteiger partial charge in [-0.1, -0.05) is 0 Å². The Bertz CT molecular complexity index is 255. The summed E-state index contributed by atoms with van der Waals surface area (Å²) in [5, 5.41) is 0.788. The minimum atomic E-state index is -3.42. The summed E-state index contributed by atoms with van der Waals surface area (Å²) in [6.45, 7) is 0. The summed E-state index contributed by atoms with van der Waals surface area (Å²) in [6.07, 6.45) is 1.90. The molecular weight excluding hydrogens is 453 g/mol. The van der Waals surface area contributed by atoms with Gasteiger partial charge in [-0.3, -0.25) is 0 Å². The van der Waals surface area contributed by atoms with Crippen LogP contribution >= 0.6 is 51.9 Å². The predicted octanol–water partition coefficient (Wildman–Crippen LogP) is 3.89. The molecule has 74 valence electrons. The third-order valence-corrected chi connectivity index (χ3v) is 15.0. The fourth-order valence-electron chi connectivity index (χ4n) is 0.950. The monoisotopic (exact) mass is 456 g/mol. The van der Waals surface area contributed by atoms with E-state index >= 15 is 0 Å². The van der Waals surface area contributed by atoms with Crippen molar-refractivity contribution in [3.8, 4) is 0 Å². The fourth-order valence-corrected chi connectivity index (χ4v) is 15.6. The summed E-state index contributed by atoms with van der Waals surface area (Å²) >= 11 is 8.67. The maximum absolute atomic E-state index is 11.4. The fraction of sp³-hybridized carbons (Fsp3) is 0.500. The van der Waals surface area contributed by atoms with Crippen LogP contribution in [0.1, 0.15) is 0 Å². The number of phosphoric acid groups is 1. The zero-order chi connectivity index (χ0) is 9.90. The van der Waals surface area contributed by atoms with Gasteiger partial charge in [-0.15, -0.1) is 0 Å². The normalized spacial score (nSPS) is 17.8. The van der Waals surface area contributed by atoms with Crippen LogP contribution in [0.2, 0.25) is 8.35 Å². The summed E-state index contributed by atoms with van der Waals surface area (Å²) in [6, 6.07) is 0. The number of allylic oxidation sites excluding steroid dienone is 2. The molecule has 0 bridgehead atoms. The second-order valence-corrected chi connectivity index (χ2v) is 13.9. The van der Waals surface area contributed by atoms with Gasteiger partial charge in [0.05, 0.1) is 0 Å². The molecule has 0 N–H and O–H groups in total. The van der Waals surface area contributed by atoms with E-state index in [-0.39, 0.29) is 0 Å². The van der Waals surface area contributed by atoms with E-state index in [0.29, 0.717) is 0 Å². The molecule has 0 saturated carbocycles. The van der Waals surface area contributed by atoms with Crippen LogP contribution < -0.4 is 0 Å². The van der Waals surface area contributed by atoms with E-state index < -0.39 is 29.7 Å². The first kappa shape index (κ1) is 13.0. The molecule has 1 rings (SSSR count). The van der Waals surface area contributed by atoms with E-state index in [4.69, 9.17) is 14.2 Å². The molecule has 0 amide bonds. The van der Waals surface area contributed by atoms with Crippen molar-refractivity contribution in [2.45, 2.75) is 8.35 Å². The molecule has 1 heterocycles. The van der Waals surface area contributed by atoms with Gasteiger partial charge in [0, 0.05) is 0 Å². The van der Waals surface area contributed by atoms with E-state index in [0.717, 1.165) is 13.4 Å². The van der Waals surface area contributed by atoms with Crippen LogP contribution in [-0.2, 0) is 14.4 Å². The summed E-state index contributed by atoms with van der Waals surface area (Å²) < 4.78 is 27.1. The summed E-state index contributed by atoms with van der Waals surface area (Å²) in [5.74, 6) is 0. The molecule has 13 heavy (non-hydrogen) atoms. The molecule has 0 fully saturated rings. The van der Waals surface area contributed by atoms with Gasteiger partial charge in [0.25, 0.3) is 0 Å². The van der Waals surface area contributed by atoms with Crippen molar-refractivity contribution in [1.82, 2.24) is 0 Å². The van der Waals surface area contributed by atoms with Gasteiger partial charge in [-0.25, -0.2) is 0 Å². The van der Waals surface area contributed by atoms with Gasteiger partial charge in [-0.2, -0.15) is 0 Å². The average molecular weight is 458 g/mol. The molecule has 0 aliphatic carbocycles. The van der Waals surface area contributed by atoms with Crippen molar-refractivity contribution in [2.24, 2.45) is 0 Å². The Kier molecular flexibility index (Phi) is 5.91. The Hall–Kier alpha value is 1.97. The van der Waals surface area contributed by atoms with E-state index in [1.807, 2.05) is 6.08 Å². The molecule has 4 nitrogen and oxygen atoms in total.